The molecule has 0 aliphatic carbocycles. The first-order valence-electron chi connectivity index (χ1n) is 8.24. The molecular weight excluding hydrogens is 306 g/mol. The second kappa shape index (κ2) is 7.44. The molecular formula is C17H23N5O2. The average molecular weight is 329 g/mol. The highest BCUT2D eigenvalue weighted by Gasteiger charge is 2.20. The number of hydrogen-bond donors (Lipinski definition) is 2. The van der Waals surface area contributed by atoms with E-state index in [1.807, 2.05) is 35.9 Å². The zero-order valence-corrected chi connectivity index (χ0v) is 14.0. The summed E-state index contributed by atoms with van der Waals surface area (Å²) in [6, 6.07) is 7.83. The number of amides is 1. The third-order valence-electron chi connectivity index (χ3n) is 4.37. The molecule has 128 valence electrons. The number of nitrogens with one attached hydrogen (secondary N) is 2. The van der Waals surface area contributed by atoms with E-state index >= 15 is 0 Å². The van der Waals surface area contributed by atoms with Crippen molar-refractivity contribution >= 4 is 5.91 Å². The largest absolute Gasteiger partial charge is 0.497 e. The molecule has 24 heavy (non-hydrogen) atoms. The van der Waals surface area contributed by atoms with Crippen LogP contribution < -0.4 is 15.4 Å². The Morgan fingerprint density at radius 3 is 2.96 bits per heavy atom. The fourth-order valence-electron chi connectivity index (χ4n) is 2.90. The highest BCUT2D eigenvalue weighted by molar-refractivity contribution is 5.92. The van der Waals surface area contributed by atoms with Crippen molar-refractivity contribution in [1.29, 1.82) is 0 Å². The second-order valence-electron chi connectivity index (χ2n) is 6.04. The second-order valence-corrected chi connectivity index (χ2v) is 6.04. The number of piperidine rings is 1. The molecule has 0 saturated carbocycles. The van der Waals surface area contributed by atoms with E-state index in [0.29, 0.717) is 11.7 Å². The molecule has 1 amide bonds. The maximum Gasteiger partial charge on any atom is 0.273 e. The molecule has 2 aromatic rings. The molecule has 7 heteroatoms. The Morgan fingerprint density at radius 1 is 1.42 bits per heavy atom. The number of carbonyl (C=O) groups excluding carboxylic acids is 1. The van der Waals surface area contributed by atoms with Gasteiger partial charge in [-0.3, -0.25) is 4.79 Å². The Hall–Kier alpha value is -2.41. The van der Waals surface area contributed by atoms with Gasteiger partial charge in [0.25, 0.3) is 5.91 Å². The molecule has 1 aromatic carbocycles. The number of ether oxygens (including phenoxy) is 1. The molecule has 2 heterocycles. The predicted molar refractivity (Wildman–Crippen MR) is 90.0 cm³/mol. The molecule has 1 atom stereocenters. The van der Waals surface area contributed by atoms with Crippen LogP contribution in [0.4, 0.5) is 0 Å². The number of benzene rings is 1. The van der Waals surface area contributed by atoms with E-state index in [0.717, 1.165) is 37.2 Å². The van der Waals surface area contributed by atoms with Gasteiger partial charge in [0.05, 0.1) is 25.4 Å². The summed E-state index contributed by atoms with van der Waals surface area (Å²) in [6.07, 6.45) is 3.75. The van der Waals surface area contributed by atoms with Crippen molar-refractivity contribution in [2.24, 2.45) is 0 Å². The van der Waals surface area contributed by atoms with Gasteiger partial charge < -0.3 is 15.4 Å². The Labute approximate surface area is 141 Å². The van der Waals surface area contributed by atoms with Crippen molar-refractivity contribution in [3.05, 3.63) is 41.7 Å². The molecule has 0 bridgehead atoms. The van der Waals surface area contributed by atoms with Gasteiger partial charge in [-0.25, -0.2) is 4.68 Å². The Bertz CT molecular complexity index is 694. The third-order valence-corrected chi connectivity index (χ3v) is 4.37. The van der Waals surface area contributed by atoms with Crippen LogP contribution in [0.5, 0.6) is 5.75 Å². The van der Waals surface area contributed by atoms with Crippen LogP contribution in [0.2, 0.25) is 0 Å². The minimum absolute atomic E-state index is 0.142. The lowest BCUT2D eigenvalue weighted by atomic mass is 10.1. The summed E-state index contributed by atoms with van der Waals surface area (Å²) in [5, 5.41) is 14.4. The van der Waals surface area contributed by atoms with Crippen molar-refractivity contribution in [3.63, 3.8) is 0 Å². The molecule has 0 radical (unpaired) electrons. The van der Waals surface area contributed by atoms with Gasteiger partial charge in [0.1, 0.15) is 5.75 Å². The van der Waals surface area contributed by atoms with Crippen LogP contribution in [0, 0.1) is 0 Å². The third kappa shape index (κ3) is 3.73. The summed E-state index contributed by atoms with van der Waals surface area (Å²) in [5.74, 6) is 0.552. The Kier molecular flexibility index (Phi) is 5.10. The zero-order chi connectivity index (χ0) is 16.9. The first kappa shape index (κ1) is 16.4. The van der Waals surface area contributed by atoms with E-state index in [2.05, 4.69) is 20.9 Å². The molecule has 1 saturated heterocycles. The summed E-state index contributed by atoms with van der Waals surface area (Å²) in [7, 11) is 1.63. The quantitative estimate of drug-likeness (QED) is 0.873. The lowest BCUT2D eigenvalue weighted by Crippen LogP contribution is -2.29. The summed E-state index contributed by atoms with van der Waals surface area (Å²) in [5.41, 5.74) is 1.33. The van der Waals surface area contributed by atoms with Crippen LogP contribution in [0.3, 0.4) is 0 Å². The standard InChI is InChI=1S/C17H23N5O2/c1-12(13-4-3-5-15(10-13)24-2)19-17(23)16-11-22(21-20-16)14-6-8-18-9-7-14/h3-5,10-12,14,18H,6-9H2,1-2H3,(H,19,23). The number of aromatic nitrogens is 3. The van der Waals surface area contributed by atoms with E-state index in [-0.39, 0.29) is 11.9 Å². The molecule has 1 aromatic heterocycles. The minimum atomic E-state index is -0.217. The van der Waals surface area contributed by atoms with Gasteiger partial charge in [-0.1, -0.05) is 17.3 Å². The van der Waals surface area contributed by atoms with Crippen LogP contribution in [0.25, 0.3) is 0 Å². The Morgan fingerprint density at radius 2 is 2.21 bits per heavy atom. The lowest BCUT2D eigenvalue weighted by Gasteiger charge is -2.22. The highest BCUT2D eigenvalue weighted by atomic mass is 16.5. The van der Waals surface area contributed by atoms with Gasteiger partial charge in [0, 0.05) is 0 Å². The summed E-state index contributed by atoms with van der Waals surface area (Å²) < 4.78 is 7.03. The van der Waals surface area contributed by atoms with Gasteiger partial charge in [0.15, 0.2) is 5.69 Å². The lowest BCUT2D eigenvalue weighted by molar-refractivity contribution is 0.0934. The number of methoxy groups -OCH3 is 1. The molecule has 1 aliphatic rings. The SMILES string of the molecule is COc1cccc(C(C)NC(=O)c2cn(C3CCNCC3)nn2)c1. The molecule has 1 fully saturated rings. The van der Waals surface area contributed by atoms with Crippen LogP contribution >= 0.6 is 0 Å². The summed E-state index contributed by atoms with van der Waals surface area (Å²) in [4.78, 5) is 12.4. The summed E-state index contributed by atoms with van der Waals surface area (Å²) >= 11 is 0. The predicted octanol–water partition coefficient (Wildman–Crippen LogP) is 1.70. The summed E-state index contributed by atoms with van der Waals surface area (Å²) in [6.45, 7) is 3.88. The fourth-order valence-corrected chi connectivity index (χ4v) is 2.90. The van der Waals surface area contributed by atoms with Crippen molar-refractivity contribution in [2.75, 3.05) is 20.2 Å². The number of hydrogen-bond acceptors (Lipinski definition) is 5. The highest BCUT2D eigenvalue weighted by Crippen LogP contribution is 2.20. The monoisotopic (exact) mass is 329 g/mol. The van der Waals surface area contributed by atoms with Gasteiger partial charge in [-0.2, -0.15) is 0 Å². The number of rotatable bonds is 5. The van der Waals surface area contributed by atoms with E-state index in [1.165, 1.54) is 0 Å². The van der Waals surface area contributed by atoms with E-state index in [1.54, 1.807) is 13.3 Å². The minimum Gasteiger partial charge on any atom is -0.497 e. The van der Waals surface area contributed by atoms with Crippen LogP contribution in [0.1, 0.15) is 47.9 Å². The number of nitrogens with zero attached hydrogens (tertiary/aromatic N) is 3. The van der Waals surface area contributed by atoms with E-state index in [4.69, 9.17) is 4.74 Å². The van der Waals surface area contributed by atoms with Gasteiger partial charge >= 0.3 is 0 Å². The van der Waals surface area contributed by atoms with Crippen LogP contribution in [-0.2, 0) is 0 Å². The smallest absolute Gasteiger partial charge is 0.273 e. The molecule has 3 rings (SSSR count). The maximum atomic E-state index is 12.4. The van der Waals surface area contributed by atoms with Gasteiger partial charge in [-0.05, 0) is 50.6 Å². The molecule has 1 aliphatic heterocycles. The van der Waals surface area contributed by atoms with Crippen molar-refractivity contribution < 1.29 is 9.53 Å². The fraction of sp³-hybridized carbons (Fsp3) is 0.471. The van der Waals surface area contributed by atoms with Gasteiger partial charge in [0.2, 0.25) is 0 Å². The van der Waals surface area contributed by atoms with Gasteiger partial charge in [-0.15, -0.1) is 5.10 Å². The van der Waals surface area contributed by atoms with Crippen molar-refractivity contribution in [2.45, 2.75) is 31.8 Å². The molecule has 7 nitrogen and oxygen atoms in total. The average Bonchev–Trinajstić information content (AvgIpc) is 3.13. The Balaban J connectivity index is 1.64. The van der Waals surface area contributed by atoms with Crippen LogP contribution in [0.15, 0.2) is 30.5 Å². The zero-order valence-electron chi connectivity index (χ0n) is 14.0. The van der Waals surface area contributed by atoms with E-state index in [9.17, 15) is 4.79 Å². The number of carbonyl (C=O) groups is 1. The van der Waals surface area contributed by atoms with Crippen LogP contribution in [-0.4, -0.2) is 41.1 Å². The first-order valence-corrected chi connectivity index (χ1v) is 8.24. The normalized spacial score (nSPS) is 16.6. The first-order chi connectivity index (χ1) is 11.7. The van der Waals surface area contributed by atoms with E-state index < -0.39 is 0 Å². The van der Waals surface area contributed by atoms with Crippen molar-refractivity contribution in [3.8, 4) is 5.75 Å². The molecule has 2 N–H and O–H groups in total. The molecule has 1 unspecified atom stereocenters. The molecule has 0 spiro atoms. The maximum absolute atomic E-state index is 12.4. The van der Waals surface area contributed by atoms with Crippen molar-refractivity contribution in [1.82, 2.24) is 25.6 Å². The topological polar surface area (TPSA) is 81.1 Å².